The number of rotatable bonds is 9. The average molecular weight is 488 g/mol. The van der Waals surface area contributed by atoms with Gasteiger partial charge >= 0.3 is 0 Å². The van der Waals surface area contributed by atoms with E-state index in [0.29, 0.717) is 23.1 Å². The summed E-state index contributed by atoms with van der Waals surface area (Å²) in [6.07, 6.45) is 3.52. The fraction of sp³-hybridized carbons (Fsp3) is 0.346. The molecule has 0 radical (unpaired) electrons. The highest BCUT2D eigenvalue weighted by Crippen LogP contribution is 2.56. The molecule has 0 aliphatic heterocycles. The van der Waals surface area contributed by atoms with E-state index in [4.69, 9.17) is 26.2 Å². The van der Waals surface area contributed by atoms with E-state index in [1.807, 2.05) is 12.3 Å². The zero-order valence-corrected chi connectivity index (χ0v) is 19.1. The number of aliphatic hydroxyl groups excluding tert-OH is 2. The fourth-order valence-electron chi connectivity index (χ4n) is 4.48. The van der Waals surface area contributed by atoms with Crippen LogP contribution in [0.25, 0.3) is 11.1 Å². The van der Waals surface area contributed by atoms with Crippen LogP contribution in [0.3, 0.4) is 0 Å². The summed E-state index contributed by atoms with van der Waals surface area (Å²) < 4.78 is 40.4. The lowest BCUT2D eigenvalue weighted by Crippen LogP contribution is -2.15. The predicted molar refractivity (Wildman–Crippen MR) is 123 cm³/mol. The van der Waals surface area contributed by atoms with Gasteiger partial charge in [-0.25, -0.2) is 13.8 Å². The minimum Gasteiger partial charge on any atom is -0.493 e. The first-order chi connectivity index (χ1) is 16.4. The van der Waals surface area contributed by atoms with Crippen molar-refractivity contribution in [2.75, 3.05) is 13.2 Å². The SMILES string of the molecule is OCC(O)CCOc1ccc(-c2cc(COc3cc4c(cn3)C3CC3C4)c(F)cc2F)c(Cl)c1. The normalized spacial score (nSPS) is 18.9. The van der Waals surface area contributed by atoms with E-state index in [-0.39, 0.29) is 42.4 Å². The molecule has 0 bridgehead atoms. The van der Waals surface area contributed by atoms with E-state index in [1.54, 1.807) is 12.1 Å². The first-order valence-corrected chi connectivity index (χ1v) is 11.6. The van der Waals surface area contributed by atoms with Gasteiger partial charge in [-0.2, -0.15) is 0 Å². The summed E-state index contributed by atoms with van der Waals surface area (Å²) in [5, 5.41) is 18.5. The molecule has 34 heavy (non-hydrogen) atoms. The van der Waals surface area contributed by atoms with E-state index in [1.165, 1.54) is 29.7 Å². The number of pyridine rings is 1. The van der Waals surface area contributed by atoms with Gasteiger partial charge in [0.05, 0.1) is 24.3 Å². The van der Waals surface area contributed by atoms with Gasteiger partial charge < -0.3 is 19.7 Å². The van der Waals surface area contributed by atoms with Crippen molar-refractivity contribution in [3.05, 3.63) is 75.9 Å². The van der Waals surface area contributed by atoms with Gasteiger partial charge in [-0.05, 0) is 60.1 Å². The number of hydrogen-bond donors (Lipinski definition) is 2. The Labute approximate surface area is 200 Å². The number of aliphatic hydroxyl groups is 2. The Bertz CT molecular complexity index is 1220. The smallest absolute Gasteiger partial charge is 0.213 e. The van der Waals surface area contributed by atoms with Gasteiger partial charge in [-0.15, -0.1) is 0 Å². The van der Waals surface area contributed by atoms with Crippen LogP contribution in [0.4, 0.5) is 8.78 Å². The van der Waals surface area contributed by atoms with E-state index in [2.05, 4.69) is 4.98 Å². The van der Waals surface area contributed by atoms with Crippen molar-refractivity contribution in [2.24, 2.45) is 5.92 Å². The van der Waals surface area contributed by atoms with Crippen LogP contribution in [0.15, 0.2) is 42.6 Å². The van der Waals surface area contributed by atoms with Crippen molar-refractivity contribution in [1.29, 1.82) is 0 Å². The van der Waals surface area contributed by atoms with Crippen LogP contribution in [0, 0.1) is 17.6 Å². The molecule has 1 aromatic heterocycles. The molecule has 3 aromatic rings. The monoisotopic (exact) mass is 487 g/mol. The summed E-state index contributed by atoms with van der Waals surface area (Å²) in [5.74, 6) is 0.793. The first kappa shape index (κ1) is 23.0. The first-order valence-electron chi connectivity index (χ1n) is 11.2. The molecule has 5 rings (SSSR count). The lowest BCUT2D eigenvalue weighted by atomic mass is 10.0. The molecule has 0 spiro atoms. The maximum absolute atomic E-state index is 14.6. The van der Waals surface area contributed by atoms with Gasteiger partial charge in [0.2, 0.25) is 5.88 Å². The number of benzene rings is 2. The number of aromatic nitrogens is 1. The summed E-state index contributed by atoms with van der Waals surface area (Å²) >= 11 is 6.37. The van der Waals surface area contributed by atoms with Crippen molar-refractivity contribution in [2.45, 2.75) is 37.9 Å². The van der Waals surface area contributed by atoms with Crippen molar-refractivity contribution < 1.29 is 28.5 Å². The number of nitrogens with zero attached hydrogens (tertiary/aromatic N) is 1. The molecule has 1 fully saturated rings. The highest BCUT2D eigenvalue weighted by Gasteiger charge is 2.45. The van der Waals surface area contributed by atoms with Gasteiger partial charge in [0.1, 0.15) is 24.0 Å². The van der Waals surface area contributed by atoms with Crippen LogP contribution in [0.2, 0.25) is 5.02 Å². The van der Waals surface area contributed by atoms with Crippen LogP contribution < -0.4 is 9.47 Å². The standard InChI is InChI=1S/C26H24ClF2NO4/c27-23-9-18(33-4-3-17(32)12-31)1-2-19(23)21-7-16(24(28)10-25(21)29)13-34-26-8-15-5-14-6-20(14)22(15)11-30-26/h1-2,7-11,14,17,20,31-32H,3-6,12-13H2. The Balaban J connectivity index is 1.30. The third-order valence-electron chi connectivity index (χ3n) is 6.48. The largest absolute Gasteiger partial charge is 0.493 e. The molecule has 1 saturated carbocycles. The maximum atomic E-state index is 14.6. The Morgan fingerprint density at radius 2 is 1.94 bits per heavy atom. The zero-order chi connectivity index (χ0) is 23.8. The fourth-order valence-corrected chi connectivity index (χ4v) is 4.75. The topological polar surface area (TPSA) is 71.8 Å². The molecule has 2 aliphatic rings. The van der Waals surface area contributed by atoms with Crippen molar-refractivity contribution >= 4 is 11.6 Å². The molecule has 178 valence electrons. The Morgan fingerprint density at radius 1 is 1.09 bits per heavy atom. The van der Waals surface area contributed by atoms with Gasteiger partial charge in [0.15, 0.2) is 0 Å². The van der Waals surface area contributed by atoms with Crippen LogP contribution >= 0.6 is 11.6 Å². The third kappa shape index (κ3) is 4.73. The number of hydrogen-bond acceptors (Lipinski definition) is 5. The predicted octanol–water partition coefficient (Wildman–Crippen LogP) is 5.04. The summed E-state index contributed by atoms with van der Waals surface area (Å²) in [6.45, 7) is -0.256. The highest BCUT2D eigenvalue weighted by molar-refractivity contribution is 6.33. The van der Waals surface area contributed by atoms with Crippen molar-refractivity contribution in [3.8, 4) is 22.8 Å². The quantitative estimate of drug-likeness (QED) is 0.442. The summed E-state index contributed by atoms with van der Waals surface area (Å²) in [6, 6.07) is 8.87. The van der Waals surface area contributed by atoms with E-state index in [9.17, 15) is 13.9 Å². The summed E-state index contributed by atoms with van der Waals surface area (Å²) in [5.41, 5.74) is 3.26. The van der Waals surface area contributed by atoms with Crippen molar-refractivity contribution in [3.63, 3.8) is 0 Å². The van der Waals surface area contributed by atoms with E-state index < -0.39 is 17.7 Å². The second kappa shape index (κ2) is 9.49. The minimum absolute atomic E-state index is 0.0935. The molecular weight excluding hydrogens is 464 g/mol. The number of fused-ring (bicyclic) bond motifs is 3. The highest BCUT2D eigenvalue weighted by atomic mass is 35.5. The molecular formula is C26H24ClF2NO4. The van der Waals surface area contributed by atoms with E-state index in [0.717, 1.165) is 18.4 Å². The Kier molecular flexibility index (Phi) is 6.42. The Hall–Kier alpha value is -2.74. The third-order valence-corrected chi connectivity index (χ3v) is 6.79. The second-order valence-electron chi connectivity index (χ2n) is 8.86. The molecule has 2 N–H and O–H groups in total. The molecule has 2 aromatic carbocycles. The minimum atomic E-state index is -0.860. The van der Waals surface area contributed by atoms with Gasteiger partial charge in [0.25, 0.3) is 0 Å². The van der Waals surface area contributed by atoms with Gasteiger partial charge in [0, 0.05) is 41.4 Å². The molecule has 8 heteroatoms. The molecule has 3 unspecified atom stereocenters. The van der Waals surface area contributed by atoms with Crippen LogP contribution in [0.1, 0.15) is 35.4 Å². The molecule has 5 nitrogen and oxygen atoms in total. The van der Waals surface area contributed by atoms with Gasteiger partial charge in [-0.3, -0.25) is 0 Å². The average Bonchev–Trinajstić information content (AvgIpc) is 3.49. The number of halogens is 3. The molecule has 3 atom stereocenters. The van der Waals surface area contributed by atoms with Crippen LogP contribution in [-0.4, -0.2) is 34.5 Å². The molecule has 0 amide bonds. The van der Waals surface area contributed by atoms with Crippen LogP contribution in [0.5, 0.6) is 11.6 Å². The molecule has 1 heterocycles. The maximum Gasteiger partial charge on any atom is 0.213 e. The van der Waals surface area contributed by atoms with E-state index >= 15 is 0 Å². The summed E-state index contributed by atoms with van der Waals surface area (Å²) in [7, 11) is 0. The van der Waals surface area contributed by atoms with Crippen LogP contribution in [-0.2, 0) is 13.0 Å². The lowest BCUT2D eigenvalue weighted by Gasteiger charge is -2.13. The number of ether oxygens (including phenoxy) is 2. The molecule has 2 aliphatic carbocycles. The second-order valence-corrected chi connectivity index (χ2v) is 9.26. The lowest BCUT2D eigenvalue weighted by molar-refractivity contribution is 0.0754. The van der Waals surface area contributed by atoms with Crippen molar-refractivity contribution in [1.82, 2.24) is 4.98 Å². The van der Waals surface area contributed by atoms with Gasteiger partial charge in [-0.1, -0.05) is 11.6 Å². The Morgan fingerprint density at radius 3 is 2.74 bits per heavy atom. The molecule has 0 saturated heterocycles. The summed E-state index contributed by atoms with van der Waals surface area (Å²) in [4.78, 5) is 4.35. The zero-order valence-electron chi connectivity index (χ0n) is 18.3.